The molecule has 1 heterocycles. The Balaban J connectivity index is 1.59. The molecule has 3 aromatic rings. The summed E-state index contributed by atoms with van der Waals surface area (Å²) < 4.78 is 12.0. The lowest BCUT2D eigenvalue weighted by Gasteiger charge is -2.13. The Labute approximate surface area is 162 Å². The molecule has 0 unspecified atom stereocenters. The molecule has 4 nitrogen and oxygen atoms in total. The molecular formula is C21H24BrN2O2+. The number of para-hydroxylation sites is 1. The lowest BCUT2D eigenvalue weighted by molar-refractivity contribution is -0.670. The summed E-state index contributed by atoms with van der Waals surface area (Å²) in [5, 5.41) is 3.63. The van der Waals surface area contributed by atoms with E-state index in [2.05, 4.69) is 69.3 Å². The molecule has 0 aliphatic heterocycles. The van der Waals surface area contributed by atoms with Crippen LogP contribution in [0.3, 0.4) is 0 Å². The Bertz CT molecular complexity index is 889. The molecule has 0 spiro atoms. The highest BCUT2D eigenvalue weighted by Gasteiger charge is 2.12. The van der Waals surface area contributed by atoms with Gasteiger partial charge < -0.3 is 19.8 Å². The number of fused-ring (bicyclic) bond motifs is 1. The number of benzene rings is 2. The molecule has 0 bridgehead atoms. The smallest absolute Gasteiger partial charge is 0.175 e. The van der Waals surface area contributed by atoms with E-state index in [0.717, 1.165) is 35.5 Å². The van der Waals surface area contributed by atoms with Crippen LogP contribution in [0.15, 0.2) is 59.7 Å². The van der Waals surface area contributed by atoms with Crippen LogP contribution in [0, 0.1) is 0 Å². The van der Waals surface area contributed by atoms with Crippen LogP contribution >= 0.6 is 15.9 Å². The van der Waals surface area contributed by atoms with Gasteiger partial charge in [0.1, 0.15) is 13.2 Å². The molecule has 2 aromatic carbocycles. The van der Waals surface area contributed by atoms with Crippen molar-refractivity contribution in [3.8, 4) is 11.5 Å². The van der Waals surface area contributed by atoms with Gasteiger partial charge in [0, 0.05) is 29.1 Å². The Morgan fingerprint density at radius 2 is 2.12 bits per heavy atom. The number of ether oxygens (including phenoxy) is 2. The maximum absolute atomic E-state index is 5.67. The summed E-state index contributed by atoms with van der Waals surface area (Å²) in [6.45, 7) is 6.04. The summed E-state index contributed by atoms with van der Waals surface area (Å²) in [4.78, 5) is 3.33. The van der Waals surface area contributed by atoms with Crippen LogP contribution in [0.4, 0.5) is 0 Å². The number of nitrogens with two attached hydrogens (primary N) is 1. The molecule has 3 N–H and O–H groups in total. The van der Waals surface area contributed by atoms with Crippen LogP contribution in [0.5, 0.6) is 11.5 Å². The summed E-state index contributed by atoms with van der Waals surface area (Å²) in [5.74, 6) is 1.45. The summed E-state index contributed by atoms with van der Waals surface area (Å²) in [7, 11) is 1.66. The predicted octanol–water partition coefficient (Wildman–Crippen LogP) is 3.81. The summed E-state index contributed by atoms with van der Waals surface area (Å²) in [6.07, 6.45) is 4.87. The van der Waals surface area contributed by atoms with Gasteiger partial charge in [0.25, 0.3) is 0 Å². The third kappa shape index (κ3) is 4.29. The number of quaternary nitrogens is 1. The first-order valence-electron chi connectivity index (χ1n) is 8.69. The van der Waals surface area contributed by atoms with E-state index in [1.807, 2.05) is 6.07 Å². The fraction of sp³-hybridized carbons (Fsp3) is 0.238. The van der Waals surface area contributed by atoms with E-state index in [1.165, 1.54) is 22.0 Å². The number of aromatic nitrogens is 1. The molecule has 0 saturated heterocycles. The molecule has 136 valence electrons. The average molecular weight is 416 g/mol. The lowest BCUT2D eigenvalue weighted by atomic mass is 10.1. The number of halogens is 1. The average Bonchev–Trinajstić information content (AvgIpc) is 3.07. The van der Waals surface area contributed by atoms with Crippen molar-refractivity contribution < 1.29 is 14.8 Å². The largest absolute Gasteiger partial charge is 0.493 e. The Morgan fingerprint density at radius 3 is 2.92 bits per heavy atom. The van der Waals surface area contributed by atoms with Crippen molar-refractivity contribution in [2.24, 2.45) is 0 Å². The van der Waals surface area contributed by atoms with Gasteiger partial charge in [0.2, 0.25) is 0 Å². The molecule has 0 atom stereocenters. The van der Waals surface area contributed by atoms with Gasteiger partial charge in [-0.25, -0.2) is 0 Å². The SMILES string of the molecule is C=CCOc1c(Br)cc(C[NH2+]CCc2c[nH]c3ccccc23)cc1OC. The Morgan fingerprint density at radius 1 is 1.27 bits per heavy atom. The van der Waals surface area contributed by atoms with Crippen molar-refractivity contribution in [2.75, 3.05) is 20.3 Å². The molecule has 3 rings (SSSR count). The fourth-order valence-electron chi connectivity index (χ4n) is 3.04. The first-order valence-corrected chi connectivity index (χ1v) is 9.49. The third-order valence-corrected chi connectivity index (χ3v) is 4.90. The second kappa shape index (κ2) is 8.92. The minimum atomic E-state index is 0.449. The van der Waals surface area contributed by atoms with Gasteiger partial charge in [-0.3, -0.25) is 0 Å². The van der Waals surface area contributed by atoms with Crippen molar-refractivity contribution in [3.05, 3.63) is 70.8 Å². The normalized spacial score (nSPS) is 10.8. The molecule has 1 aromatic heterocycles. The minimum Gasteiger partial charge on any atom is -0.493 e. The van der Waals surface area contributed by atoms with Crippen molar-refractivity contribution in [3.63, 3.8) is 0 Å². The topological polar surface area (TPSA) is 50.9 Å². The third-order valence-electron chi connectivity index (χ3n) is 4.31. The van der Waals surface area contributed by atoms with Crippen molar-refractivity contribution >= 4 is 26.8 Å². The van der Waals surface area contributed by atoms with E-state index in [-0.39, 0.29) is 0 Å². The number of methoxy groups -OCH3 is 1. The zero-order valence-electron chi connectivity index (χ0n) is 14.9. The molecule has 0 aliphatic rings. The predicted molar refractivity (Wildman–Crippen MR) is 109 cm³/mol. The maximum atomic E-state index is 5.67. The Hall–Kier alpha value is -2.24. The first-order chi connectivity index (χ1) is 12.7. The van der Waals surface area contributed by atoms with Gasteiger partial charge in [-0.2, -0.15) is 0 Å². The van der Waals surface area contributed by atoms with E-state index in [0.29, 0.717) is 6.61 Å². The zero-order valence-corrected chi connectivity index (χ0v) is 16.5. The fourth-order valence-corrected chi connectivity index (χ4v) is 3.64. The highest BCUT2D eigenvalue weighted by atomic mass is 79.9. The van der Waals surface area contributed by atoms with E-state index < -0.39 is 0 Å². The molecule has 0 saturated carbocycles. The number of rotatable bonds is 9. The molecule has 0 radical (unpaired) electrons. The highest BCUT2D eigenvalue weighted by molar-refractivity contribution is 9.10. The molecule has 0 aliphatic carbocycles. The molecule has 0 fully saturated rings. The molecular weight excluding hydrogens is 392 g/mol. The van der Waals surface area contributed by atoms with Crippen LogP contribution in [0.25, 0.3) is 10.9 Å². The zero-order chi connectivity index (χ0) is 18.4. The van der Waals surface area contributed by atoms with Crippen LogP contribution in [-0.2, 0) is 13.0 Å². The number of aromatic amines is 1. The standard InChI is InChI=1S/C21H23BrN2O2/c1-3-10-26-21-18(22)11-15(12-20(21)25-2)13-23-9-8-16-14-24-19-7-5-4-6-17(16)19/h3-7,11-12,14,23-24H,1,8-10,13H2,2H3/p+1. The van der Waals surface area contributed by atoms with Gasteiger partial charge >= 0.3 is 0 Å². The second-order valence-electron chi connectivity index (χ2n) is 6.10. The van der Waals surface area contributed by atoms with Gasteiger partial charge in [0.05, 0.1) is 18.1 Å². The first kappa shape index (κ1) is 18.5. The second-order valence-corrected chi connectivity index (χ2v) is 6.95. The van der Waals surface area contributed by atoms with Gasteiger partial charge in [-0.1, -0.05) is 30.9 Å². The van der Waals surface area contributed by atoms with Crippen molar-refractivity contribution in [2.45, 2.75) is 13.0 Å². The highest BCUT2D eigenvalue weighted by Crippen LogP contribution is 2.36. The minimum absolute atomic E-state index is 0.449. The number of H-pyrrole nitrogens is 1. The van der Waals surface area contributed by atoms with Gasteiger partial charge in [0.15, 0.2) is 11.5 Å². The number of hydrogen-bond donors (Lipinski definition) is 2. The summed E-state index contributed by atoms with van der Waals surface area (Å²) >= 11 is 3.58. The van der Waals surface area contributed by atoms with Crippen LogP contribution in [0.1, 0.15) is 11.1 Å². The maximum Gasteiger partial charge on any atom is 0.175 e. The van der Waals surface area contributed by atoms with Crippen LogP contribution < -0.4 is 14.8 Å². The van der Waals surface area contributed by atoms with Crippen LogP contribution in [-0.4, -0.2) is 25.2 Å². The van der Waals surface area contributed by atoms with E-state index in [1.54, 1.807) is 13.2 Å². The number of nitrogens with one attached hydrogen (secondary N) is 1. The molecule has 0 amide bonds. The van der Waals surface area contributed by atoms with Gasteiger partial charge in [-0.15, -0.1) is 0 Å². The van der Waals surface area contributed by atoms with E-state index in [4.69, 9.17) is 9.47 Å². The van der Waals surface area contributed by atoms with Gasteiger partial charge in [-0.05, 0) is 39.7 Å². The molecule has 5 heteroatoms. The Kier molecular flexibility index (Phi) is 6.36. The van der Waals surface area contributed by atoms with Crippen LogP contribution in [0.2, 0.25) is 0 Å². The van der Waals surface area contributed by atoms with E-state index in [9.17, 15) is 0 Å². The van der Waals surface area contributed by atoms with Crippen molar-refractivity contribution in [1.29, 1.82) is 0 Å². The van der Waals surface area contributed by atoms with Crippen molar-refractivity contribution in [1.82, 2.24) is 4.98 Å². The quantitative estimate of drug-likeness (QED) is 0.412. The monoisotopic (exact) mass is 415 g/mol. The summed E-state index contributed by atoms with van der Waals surface area (Å²) in [6, 6.07) is 12.5. The van der Waals surface area contributed by atoms with E-state index >= 15 is 0 Å². The number of hydrogen-bond acceptors (Lipinski definition) is 2. The summed E-state index contributed by atoms with van der Waals surface area (Å²) in [5.41, 5.74) is 3.76. The molecule has 26 heavy (non-hydrogen) atoms. The lowest BCUT2D eigenvalue weighted by Crippen LogP contribution is -2.83.